The number of nitrogens with zero attached hydrogens (tertiary/aromatic N) is 1. The van der Waals surface area contributed by atoms with Crippen molar-refractivity contribution in [1.82, 2.24) is 0 Å². The molecule has 0 spiro atoms. The summed E-state index contributed by atoms with van der Waals surface area (Å²) in [7, 11) is 0. The Morgan fingerprint density at radius 3 is 1.76 bits per heavy atom. The zero-order valence-corrected chi connectivity index (χ0v) is 15.8. The SMILES string of the molecule is CC(C)(C)c1cc(C(C)(C)C)c(C=Nc2ccc(O)cc2)c(O)c1O. The maximum Gasteiger partial charge on any atom is 0.167 e. The lowest BCUT2D eigenvalue weighted by molar-refractivity contribution is 0.386. The van der Waals surface area contributed by atoms with Crippen molar-refractivity contribution < 1.29 is 15.3 Å². The molecule has 0 atom stereocenters. The van der Waals surface area contributed by atoms with E-state index in [1.54, 1.807) is 30.5 Å². The predicted octanol–water partition coefficient (Wildman–Crippen LogP) is 5.15. The molecule has 0 bridgehead atoms. The molecule has 0 heterocycles. The molecule has 0 saturated carbocycles. The van der Waals surface area contributed by atoms with Crippen LogP contribution in [-0.4, -0.2) is 21.5 Å². The lowest BCUT2D eigenvalue weighted by atomic mass is 9.77. The van der Waals surface area contributed by atoms with E-state index >= 15 is 0 Å². The van der Waals surface area contributed by atoms with E-state index in [-0.39, 0.29) is 28.1 Å². The molecule has 3 N–H and O–H groups in total. The average Bonchev–Trinajstić information content (AvgIpc) is 2.47. The fourth-order valence-electron chi connectivity index (χ4n) is 2.67. The summed E-state index contributed by atoms with van der Waals surface area (Å²) in [4.78, 5) is 4.38. The third-order valence-corrected chi connectivity index (χ3v) is 4.12. The summed E-state index contributed by atoms with van der Waals surface area (Å²) in [6.45, 7) is 12.2. The van der Waals surface area contributed by atoms with Gasteiger partial charge in [-0.2, -0.15) is 0 Å². The van der Waals surface area contributed by atoms with Crippen LogP contribution < -0.4 is 0 Å². The van der Waals surface area contributed by atoms with Crippen LogP contribution in [0.5, 0.6) is 17.2 Å². The van der Waals surface area contributed by atoms with E-state index in [1.807, 2.05) is 26.8 Å². The summed E-state index contributed by atoms with van der Waals surface area (Å²) in [5.74, 6) is -0.0862. The first kappa shape index (κ1) is 18.8. The van der Waals surface area contributed by atoms with Crippen LogP contribution in [-0.2, 0) is 10.8 Å². The molecule has 0 aliphatic heterocycles. The second-order valence-corrected chi connectivity index (χ2v) is 8.36. The van der Waals surface area contributed by atoms with Crippen molar-refractivity contribution in [3.63, 3.8) is 0 Å². The third kappa shape index (κ3) is 4.13. The van der Waals surface area contributed by atoms with Gasteiger partial charge in [0, 0.05) is 17.3 Å². The van der Waals surface area contributed by atoms with E-state index < -0.39 is 0 Å². The molecule has 0 aliphatic carbocycles. The van der Waals surface area contributed by atoms with Crippen molar-refractivity contribution in [3.05, 3.63) is 47.0 Å². The topological polar surface area (TPSA) is 73.1 Å². The minimum Gasteiger partial charge on any atom is -0.508 e. The molecule has 0 fully saturated rings. The lowest BCUT2D eigenvalue weighted by Gasteiger charge is -2.28. The van der Waals surface area contributed by atoms with Gasteiger partial charge in [0.15, 0.2) is 11.5 Å². The summed E-state index contributed by atoms with van der Waals surface area (Å²) < 4.78 is 0. The van der Waals surface area contributed by atoms with Crippen LogP contribution >= 0.6 is 0 Å². The highest BCUT2D eigenvalue weighted by Gasteiger charge is 2.28. The summed E-state index contributed by atoms with van der Waals surface area (Å²) in [6.07, 6.45) is 1.56. The van der Waals surface area contributed by atoms with E-state index in [4.69, 9.17) is 0 Å². The van der Waals surface area contributed by atoms with Gasteiger partial charge in [-0.05, 0) is 40.7 Å². The molecule has 0 saturated heterocycles. The smallest absolute Gasteiger partial charge is 0.167 e. The molecule has 134 valence electrons. The first-order chi connectivity index (χ1) is 11.4. The predicted molar refractivity (Wildman–Crippen MR) is 103 cm³/mol. The molecule has 0 unspecified atom stereocenters. The molecule has 4 nitrogen and oxygen atoms in total. The Morgan fingerprint density at radius 1 is 0.760 bits per heavy atom. The standard InChI is InChI=1S/C21H27NO3/c1-20(2,3)16-11-17(21(4,5)6)19(25)18(24)15(16)12-22-13-7-9-14(23)10-8-13/h7-12,23-25H,1-6H3. The maximum atomic E-state index is 10.6. The van der Waals surface area contributed by atoms with E-state index in [0.29, 0.717) is 16.8 Å². The van der Waals surface area contributed by atoms with Gasteiger partial charge in [-0.25, -0.2) is 0 Å². The monoisotopic (exact) mass is 341 g/mol. The van der Waals surface area contributed by atoms with Crippen LogP contribution in [0.2, 0.25) is 0 Å². The molecule has 0 aromatic heterocycles. The Labute approximate surface area is 149 Å². The fourth-order valence-corrected chi connectivity index (χ4v) is 2.67. The van der Waals surface area contributed by atoms with Crippen LogP contribution in [0.3, 0.4) is 0 Å². The zero-order chi connectivity index (χ0) is 19.0. The quantitative estimate of drug-likeness (QED) is 0.522. The number of benzene rings is 2. The van der Waals surface area contributed by atoms with Crippen LogP contribution in [0.4, 0.5) is 5.69 Å². The van der Waals surface area contributed by atoms with Crippen LogP contribution in [0.15, 0.2) is 35.3 Å². The Balaban J connectivity index is 2.64. The maximum absolute atomic E-state index is 10.6. The largest absolute Gasteiger partial charge is 0.508 e. The van der Waals surface area contributed by atoms with E-state index in [1.165, 1.54) is 0 Å². The molecule has 25 heavy (non-hydrogen) atoms. The van der Waals surface area contributed by atoms with Gasteiger partial charge in [0.05, 0.1) is 5.69 Å². The van der Waals surface area contributed by atoms with Gasteiger partial charge in [-0.15, -0.1) is 0 Å². The lowest BCUT2D eigenvalue weighted by Crippen LogP contribution is -2.19. The average molecular weight is 341 g/mol. The summed E-state index contributed by atoms with van der Waals surface area (Å²) >= 11 is 0. The number of hydrogen-bond donors (Lipinski definition) is 3. The van der Waals surface area contributed by atoms with Gasteiger partial charge in [-0.3, -0.25) is 4.99 Å². The molecule has 2 rings (SSSR count). The third-order valence-electron chi connectivity index (χ3n) is 4.12. The van der Waals surface area contributed by atoms with Crippen molar-refractivity contribution in [2.45, 2.75) is 52.4 Å². The molecular weight excluding hydrogens is 314 g/mol. The number of hydrogen-bond acceptors (Lipinski definition) is 4. The first-order valence-corrected chi connectivity index (χ1v) is 8.34. The van der Waals surface area contributed by atoms with Gasteiger partial charge in [0.1, 0.15) is 5.75 Å². The minimum atomic E-state index is -0.297. The molecule has 0 amide bonds. The van der Waals surface area contributed by atoms with Crippen LogP contribution in [0.1, 0.15) is 58.2 Å². The minimum absolute atomic E-state index is 0.104. The summed E-state index contributed by atoms with van der Waals surface area (Å²) in [5.41, 5.74) is 2.24. The fraction of sp³-hybridized carbons (Fsp3) is 0.381. The van der Waals surface area contributed by atoms with Crippen molar-refractivity contribution in [2.75, 3.05) is 0 Å². The van der Waals surface area contributed by atoms with E-state index in [2.05, 4.69) is 25.8 Å². The van der Waals surface area contributed by atoms with Crippen molar-refractivity contribution in [3.8, 4) is 17.2 Å². The number of aliphatic imine (C=N–C) groups is 1. The molecule has 2 aromatic carbocycles. The summed E-state index contributed by atoms with van der Waals surface area (Å²) in [5, 5.41) is 30.5. The van der Waals surface area contributed by atoms with Gasteiger partial charge < -0.3 is 15.3 Å². The van der Waals surface area contributed by atoms with Crippen LogP contribution in [0.25, 0.3) is 0 Å². The zero-order valence-electron chi connectivity index (χ0n) is 15.8. The molecule has 2 aromatic rings. The van der Waals surface area contributed by atoms with Gasteiger partial charge in [0.2, 0.25) is 0 Å². The molecular formula is C21H27NO3. The molecule has 0 aliphatic rings. The van der Waals surface area contributed by atoms with E-state index in [0.717, 1.165) is 5.56 Å². The first-order valence-electron chi connectivity index (χ1n) is 8.34. The van der Waals surface area contributed by atoms with Crippen LogP contribution in [0, 0.1) is 0 Å². The molecule has 0 radical (unpaired) electrons. The Hall–Kier alpha value is -2.49. The van der Waals surface area contributed by atoms with Crippen molar-refractivity contribution >= 4 is 11.9 Å². The van der Waals surface area contributed by atoms with Gasteiger partial charge >= 0.3 is 0 Å². The number of aromatic hydroxyl groups is 3. The highest BCUT2D eigenvalue weighted by atomic mass is 16.3. The highest BCUT2D eigenvalue weighted by Crippen LogP contribution is 2.43. The Kier molecular flexibility index (Phi) is 4.85. The van der Waals surface area contributed by atoms with Crippen molar-refractivity contribution in [2.24, 2.45) is 4.99 Å². The number of phenolic OH excluding ortho intramolecular Hbond substituents is 3. The highest BCUT2D eigenvalue weighted by molar-refractivity contribution is 5.89. The van der Waals surface area contributed by atoms with Gasteiger partial charge in [0.25, 0.3) is 0 Å². The number of rotatable bonds is 2. The van der Waals surface area contributed by atoms with Crippen molar-refractivity contribution in [1.29, 1.82) is 0 Å². The second kappa shape index (κ2) is 6.43. The Morgan fingerprint density at radius 2 is 1.28 bits per heavy atom. The summed E-state index contributed by atoms with van der Waals surface area (Å²) in [6, 6.07) is 8.42. The normalized spacial score (nSPS) is 12.7. The number of phenols is 3. The second-order valence-electron chi connectivity index (χ2n) is 8.36. The Bertz CT molecular complexity index is 792. The van der Waals surface area contributed by atoms with Gasteiger partial charge in [-0.1, -0.05) is 47.6 Å². The molecule has 4 heteroatoms. The van der Waals surface area contributed by atoms with E-state index in [9.17, 15) is 15.3 Å².